The van der Waals surface area contributed by atoms with Crippen molar-refractivity contribution in [2.24, 2.45) is 5.73 Å². The zero-order valence-electron chi connectivity index (χ0n) is 11.0. The van der Waals surface area contributed by atoms with E-state index in [1.54, 1.807) is 12.1 Å². The Labute approximate surface area is 135 Å². The lowest BCUT2D eigenvalue weighted by Crippen LogP contribution is -2.00. The van der Waals surface area contributed by atoms with E-state index in [9.17, 15) is 0 Å². The first-order chi connectivity index (χ1) is 10.2. The van der Waals surface area contributed by atoms with Gasteiger partial charge in [-0.15, -0.1) is 0 Å². The molecule has 0 aliphatic heterocycles. The summed E-state index contributed by atoms with van der Waals surface area (Å²) in [7, 11) is 0. The minimum atomic E-state index is 0.424. The van der Waals surface area contributed by atoms with Crippen LogP contribution in [0.25, 0.3) is 10.9 Å². The fourth-order valence-corrected chi connectivity index (χ4v) is 2.82. The number of halogens is 2. The summed E-state index contributed by atoms with van der Waals surface area (Å²) in [6, 6.07) is 15.1. The first-order valence-electron chi connectivity index (χ1n) is 6.39. The molecule has 3 aromatic rings. The SMILES string of the molecule is NCc1cc(Oc2ccc(Br)cc2Cl)nc2ccccc12. The van der Waals surface area contributed by atoms with E-state index in [0.29, 0.717) is 23.2 Å². The Bertz CT molecular complexity index is 807. The molecule has 3 nitrogen and oxygen atoms in total. The van der Waals surface area contributed by atoms with Gasteiger partial charge in [0.2, 0.25) is 5.88 Å². The number of benzene rings is 2. The molecule has 0 radical (unpaired) electrons. The zero-order chi connectivity index (χ0) is 14.8. The first-order valence-corrected chi connectivity index (χ1v) is 7.56. The number of pyridine rings is 1. The Balaban J connectivity index is 2.04. The molecule has 0 amide bonds. The van der Waals surface area contributed by atoms with Crippen LogP contribution in [-0.2, 0) is 6.54 Å². The molecular weight excluding hydrogens is 352 g/mol. The number of ether oxygens (including phenoxy) is 1. The Morgan fingerprint density at radius 3 is 2.71 bits per heavy atom. The molecule has 1 heterocycles. The fraction of sp³-hybridized carbons (Fsp3) is 0.0625. The average Bonchev–Trinajstić information content (AvgIpc) is 2.49. The lowest BCUT2D eigenvalue weighted by molar-refractivity contribution is 0.464. The van der Waals surface area contributed by atoms with Crippen LogP contribution in [0.1, 0.15) is 5.56 Å². The van der Waals surface area contributed by atoms with Gasteiger partial charge < -0.3 is 10.5 Å². The van der Waals surface area contributed by atoms with E-state index < -0.39 is 0 Å². The van der Waals surface area contributed by atoms with E-state index in [1.165, 1.54) is 0 Å². The lowest BCUT2D eigenvalue weighted by Gasteiger charge is -2.10. The van der Waals surface area contributed by atoms with Crippen LogP contribution in [0.4, 0.5) is 0 Å². The van der Waals surface area contributed by atoms with E-state index in [-0.39, 0.29) is 0 Å². The molecule has 0 unspecified atom stereocenters. The molecule has 106 valence electrons. The summed E-state index contributed by atoms with van der Waals surface area (Å²) in [6.45, 7) is 0.424. The monoisotopic (exact) mass is 362 g/mol. The maximum atomic E-state index is 6.16. The largest absolute Gasteiger partial charge is 0.437 e. The minimum absolute atomic E-state index is 0.424. The topological polar surface area (TPSA) is 48.1 Å². The van der Waals surface area contributed by atoms with Gasteiger partial charge in [0.15, 0.2) is 0 Å². The van der Waals surface area contributed by atoms with Crippen LogP contribution < -0.4 is 10.5 Å². The molecule has 0 aliphatic carbocycles. The molecule has 0 atom stereocenters. The van der Waals surface area contributed by atoms with E-state index in [1.807, 2.05) is 36.4 Å². The van der Waals surface area contributed by atoms with Crippen molar-refractivity contribution < 1.29 is 4.74 Å². The van der Waals surface area contributed by atoms with Crippen molar-refractivity contribution in [1.82, 2.24) is 4.98 Å². The summed E-state index contributed by atoms with van der Waals surface area (Å²) in [5, 5.41) is 1.56. The van der Waals surface area contributed by atoms with Crippen LogP contribution >= 0.6 is 27.5 Å². The van der Waals surface area contributed by atoms with Gasteiger partial charge in [-0.2, -0.15) is 0 Å². The smallest absolute Gasteiger partial charge is 0.220 e. The van der Waals surface area contributed by atoms with Gasteiger partial charge in [0.05, 0.1) is 10.5 Å². The highest BCUT2D eigenvalue weighted by molar-refractivity contribution is 9.10. The molecule has 2 N–H and O–H groups in total. The Morgan fingerprint density at radius 2 is 1.95 bits per heavy atom. The molecule has 0 saturated heterocycles. The normalized spacial score (nSPS) is 10.8. The third kappa shape index (κ3) is 3.02. The van der Waals surface area contributed by atoms with Crippen LogP contribution in [0, 0.1) is 0 Å². The van der Waals surface area contributed by atoms with Crippen LogP contribution in [0.5, 0.6) is 11.6 Å². The van der Waals surface area contributed by atoms with Gasteiger partial charge in [-0.25, -0.2) is 4.98 Å². The average molecular weight is 364 g/mol. The summed E-state index contributed by atoms with van der Waals surface area (Å²) in [5.74, 6) is 1.05. The second-order valence-electron chi connectivity index (χ2n) is 4.52. The van der Waals surface area contributed by atoms with E-state index in [0.717, 1.165) is 20.9 Å². The van der Waals surface area contributed by atoms with Crippen molar-refractivity contribution >= 4 is 38.4 Å². The number of nitrogens with two attached hydrogens (primary N) is 1. The maximum Gasteiger partial charge on any atom is 0.220 e. The molecule has 0 spiro atoms. The standard InChI is InChI=1S/C16H12BrClN2O/c17-11-5-6-15(13(18)8-11)21-16-7-10(9-19)12-3-1-2-4-14(12)20-16/h1-8H,9,19H2. The lowest BCUT2D eigenvalue weighted by atomic mass is 10.1. The molecule has 2 aromatic carbocycles. The summed E-state index contributed by atoms with van der Waals surface area (Å²) in [5.41, 5.74) is 7.65. The van der Waals surface area contributed by atoms with Crippen LogP contribution in [0.15, 0.2) is 53.0 Å². The Kier molecular flexibility index (Phi) is 4.10. The number of rotatable bonds is 3. The van der Waals surface area contributed by atoms with Gasteiger partial charge in [0, 0.05) is 22.5 Å². The van der Waals surface area contributed by atoms with Gasteiger partial charge in [-0.05, 0) is 29.8 Å². The van der Waals surface area contributed by atoms with Crippen molar-refractivity contribution in [1.29, 1.82) is 0 Å². The highest BCUT2D eigenvalue weighted by Crippen LogP contribution is 2.32. The van der Waals surface area contributed by atoms with Gasteiger partial charge >= 0.3 is 0 Å². The number of aromatic nitrogens is 1. The number of hydrogen-bond acceptors (Lipinski definition) is 3. The molecule has 1 aromatic heterocycles. The maximum absolute atomic E-state index is 6.16. The highest BCUT2D eigenvalue weighted by atomic mass is 79.9. The third-order valence-electron chi connectivity index (χ3n) is 3.11. The Morgan fingerprint density at radius 1 is 1.14 bits per heavy atom. The predicted molar refractivity (Wildman–Crippen MR) is 88.9 cm³/mol. The molecule has 0 aliphatic rings. The van der Waals surface area contributed by atoms with Gasteiger partial charge in [0.1, 0.15) is 5.75 Å². The number of para-hydroxylation sites is 1. The number of nitrogens with zero attached hydrogens (tertiary/aromatic N) is 1. The molecular formula is C16H12BrClN2O. The van der Waals surface area contributed by atoms with Crippen molar-refractivity contribution in [3.05, 3.63) is 63.6 Å². The van der Waals surface area contributed by atoms with Crippen molar-refractivity contribution in [2.75, 3.05) is 0 Å². The number of hydrogen-bond donors (Lipinski definition) is 1. The number of fused-ring (bicyclic) bond motifs is 1. The van der Waals surface area contributed by atoms with Crippen LogP contribution in [0.3, 0.4) is 0 Å². The summed E-state index contributed by atoms with van der Waals surface area (Å²) >= 11 is 9.53. The molecule has 21 heavy (non-hydrogen) atoms. The quantitative estimate of drug-likeness (QED) is 0.720. The second kappa shape index (κ2) is 6.02. The predicted octanol–water partition coefficient (Wildman–Crippen LogP) is 4.90. The van der Waals surface area contributed by atoms with Gasteiger partial charge in [-0.3, -0.25) is 0 Å². The van der Waals surface area contributed by atoms with Crippen molar-refractivity contribution in [2.45, 2.75) is 6.54 Å². The van der Waals surface area contributed by atoms with Gasteiger partial charge in [0.25, 0.3) is 0 Å². The van der Waals surface area contributed by atoms with Crippen LogP contribution in [-0.4, -0.2) is 4.98 Å². The van der Waals surface area contributed by atoms with E-state index in [4.69, 9.17) is 22.1 Å². The van der Waals surface area contributed by atoms with E-state index >= 15 is 0 Å². The second-order valence-corrected chi connectivity index (χ2v) is 5.84. The van der Waals surface area contributed by atoms with Crippen LogP contribution in [0.2, 0.25) is 5.02 Å². The summed E-state index contributed by atoms with van der Waals surface area (Å²) < 4.78 is 6.69. The van der Waals surface area contributed by atoms with Gasteiger partial charge in [-0.1, -0.05) is 45.7 Å². The highest BCUT2D eigenvalue weighted by Gasteiger charge is 2.08. The first kappa shape index (κ1) is 14.3. The molecule has 3 rings (SSSR count). The minimum Gasteiger partial charge on any atom is -0.437 e. The summed E-state index contributed by atoms with van der Waals surface area (Å²) in [4.78, 5) is 4.49. The molecule has 0 saturated carbocycles. The van der Waals surface area contributed by atoms with E-state index in [2.05, 4.69) is 20.9 Å². The third-order valence-corrected chi connectivity index (χ3v) is 3.90. The zero-order valence-corrected chi connectivity index (χ0v) is 13.4. The molecule has 0 fully saturated rings. The van der Waals surface area contributed by atoms with Crippen molar-refractivity contribution in [3.8, 4) is 11.6 Å². The summed E-state index contributed by atoms with van der Waals surface area (Å²) in [6.07, 6.45) is 0. The Hall–Kier alpha value is -1.62. The van der Waals surface area contributed by atoms with Crippen molar-refractivity contribution in [3.63, 3.8) is 0 Å². The fourth-order valence-electron chi connectivity index (χ4n) is 2.11. The molecule has 5 heteroatoms. The molecule has 0 bridgehead atoms.